The minimum absolute atomic E-state index is 0.186. The van der Waals surface area contributed by atoms with Gasteiger partial charge in [0, 0.05) is 20.1 Å². The molecule has 0 saturated carbocycles. The van der Waals surface area contributed by atoms with Gasteiger partial charge in [0.25, 0.3) is 0 Å². The van der Waals surface area contributed by atoms with Crippen LogP contribution in [-0.4, -0.2) is 51.9 Å². The molecule has 1 spiro atoms. The summed E-state index contributed by atoms with van der Waals surface area (Å²) in [7, 11) is -2.34. The van der Waals surface area contributed by atoms with Gasteiger partial charge >= 0.3 is 16.3 Å². The summed E-state index contributed by atoms with van der Waals surface area (Å²) in [6.07, 6.45) is 0. The van der Waals surface area contributed by atoms with Gasteiger partial charge in [-0.25, -0.2) is 0 Å². The van der Waals surface area contributed by atoms with E-state index in [2.05, 4.69) is 10.3 Å². The molecule has 2 aliphatic heterocycles. The predicted molar refractivity (Wildman–Crippen MR) is 50.9 cm³/mol. The van der Waals surface area contributed by atoms with E-state index in [1.807, 2.05) is 0 Å². The van der Waals surface area contributed by atoms with Gasteiger partial charge in [0.15, 0.2) is 5.96 Å². The van der Waals surface area contributed by atoms with Crippen LogP contribution in [0, 0.1) is 0 Å². The minimum Gasteiger partial charge on any atom is -0.370 e. The zero-order valence-electron chi connectivity index (χ0n) is 8.13. The summed E-state index contributed by atoms with van der Waals surface area (Å²) in [5.74, 6) is -1.16. The van der Waals surface area contributed by atoms with Crippen LogP contribution in [0.2, 0.25) is 0 Å². The summed E-state index contributed by atoms with van der Waals surface area (Å²) >= 11 is 0. The molecule has 0 aromatic rings. The summed E-state index contributed by atoms with van der Waals surface area (Å²) in [5.41, 5.74) is 5.61. The Bertz CT molecular complexity index is 380. The van der Waals surface area contributed by atoms with Crippen LogP contribution in [0.25, 0.3) is 0 Å². The van der Waals surface area contributed by atoms with E-state index in [0.29, 0.717) is 13.1 Å². The molecule has 0 aromatic carbocycles. The Hall–Kier alpha value is -0.900. The van der Waals surface area contributed by atoms with Gasteiger partial charge in [0.05, 0.1) is 6.54 Å². The molecule has 0 aromatic heterocycles. The normalized spacial score (nSPS) is 28.9. The maximum absolute atomic E-state index is 10.8. The molecule has 0 radical (unpaired) electrons. The maximum atomic E-state index is 10.8. The second-order valence-electron chi connectivity index (χ2n) is 3.20. The Morgan fingerprint density at radius 3 is 2.80 bits per heavy atom. The molecule has 0 amide bonds. The summed E-state index contributed by atoms with van der Waals surface area (Å²) < 4.78 is 31.2. The van der Waals surface area contributed by atoms with Crippen molar-refractivity contribution >= 4 is 16.4 Å². The highest BCUT2D eigenvalue weighted by Crippen LogP contribution is 2.34. The molecule has 2 aliphatic rings. The lowest BCUT2D eigenvalue weighted by molar-refractivity contribution is -0.262. The van der Waals surface area contributed by atoms with E-state index in [1.54, 1.807) is 0 Å². The van der Waals surface area contributed by atoms with E-state index in [4.69, 9.17) is 14.1 Å². The summed E-state index contributed by atoms with van der Waals surface area (Å²) in [5, 5.41) is 2.96. The molecule has 0 aliphatic carbocycles. The quantitative estimate of drug-likeness (QED) is 0.362. The Labute approximate surface area is 87.4 Å². The fourth-order valence-corrected chi connectivity index (χ4v) is 2.54. The average Bonchev–Trinajstić information content (AvgIpc) is 2.14. The minimum atomic E-state index is -3.86. The first-order chi connectivity index (χ1) is 6.99. The fraction of sp³-hybridized carbons (Fsp3) is 0.833. The Morgan fingerprint density at radius 2 is 2.27 bits per heavy atom. The number of nitrogens with two attached hydrogens (primary N) is 1. The lowest BCUT2D eigenvalue weighted by Gasteiger charge is -2.49. The van der Waals surface area contributed by atoms with Gasteiger partial charge in [-0.15, -0.1) is 0 Å². The number of nitrogens with zero attached hydrogens (tertiary/aromatic N) is 2. The summed E-state index contributed by atoms with van der Waals surface area (Å²) in [4.78, 5) is 5.25. The molecule has 0 unspecified atom stereocenters. The maximum Gasteiger partial charge on any atom is 0.408 e. The highest BCUT2D eigenvalue weighted by atomic mass is 32.3. The van der Waals surface area contributed by atoms with Crippen molar-refractivity contribution in [1.29, 1.82) is 0 Å². The molecule has 2 saturated heterocycles. The topological polar surface area (TPSA) is 106 Å². The first-order valence-electron chi connectivity index (χ1n) is 4.36. The molecule has 15 heavy (non-hydrogen) atoms. The lowest BCUT2D eigenvalue weighted by atomic mass is 10.3. The molecule has 2 heterocycles. The van der Waals surface area contributed by atoms with Gasteiger partial charge in [-0.05, 0) is 0 Å². The molecule has 2 rings (SSSR count). The van der Waals surface area contributed by atoms with Crippen LogP contribution in [0.4, 0.5) is 0 Å². The Morgan fingerprint density at radius 1 is 1.60 bits per heavy atom. The average molecular weight is 236 g/mol. The Kier molecular flexibility index (Phi) is 2.34. The van der Waals surface area contributed by atoms with Crippen molar-refractivity contribution in [3.05, 3.63) is 0 Å². The van der Waals surface area contributed by atoms with Crippen LogP contribution in [-0.2, 0) is 18.8 Å². The van der Waals surface area contributed by atoms with Crippen LogP contribution in [0.15, 0.2) is 4.99 Å². The highest BCUT2D eigenvalue weighted by Gasteiger charge is 2.58. The van der Waals surface area contributed by atoms with Crippen molar-refractivity contribution in [3.8, 4) is 0 Å². The third kappa shape index (κ3) is 1.67. The van der Waals surface area contributed by atoms with Gasteiger partial charge in [0.1, 0.15) is 0 Å². The number of piperazine rings is 1. The second-order valence-corrected chi connectivity index (χ2v) is 4.35. The second kappa shape index (κ2) is 3.30. The van der Waals surface area contributed by atoms with Crippen LogP contribution in [0.1, 0.15) is 0 Å². The van der Waals surface area contributed by atoms with Crippen molar-refractivity contribution in [2.75, 3.05) is 26.7 Å². The van der Waals surface area contributed by atoms with Gasteiger partial charge in [-0.1, -0.05) is 0 Å². The predicted octanol–water partition coefficient (Wildman–Crippen LogP) is -2.22. The first kappa shape index (κ1) is 10.6. The van der Waals surface area contributed by atoms with E-state index in [-0.39, 0.29) is 12.5 Å². The molecule has 86 valence electrons. The lowest BCUT2D eigenvalue weighted by Crippen LogP contribution is -2.72. The van der Waals surface area contributed by atoms with Gasteiger partial charge in [0.2, 0.25) is 0 Å². The highest BCUT2D eigenvalue weighted by molar-refractivity contribution is 7.82. The molecule has 8 nitrogen and oxygen atoms in total. The SMILES string of the molecule is CN=C(N)N1CCNCC12OS(=O)(=O)O2. The van der Waals surface area contributed by atoms with E-state index in [9.17, 15) is 8.42 Å². The Balaban J connectivity index is 2.22. The summed E-state index contributed by atoms with van der Waals surface area (Å²) in [6.45, 7) is 1.35. The largest absolute Gasteiger partial charge is 0.408 e. The smallest absolute Gasteiger partial charge is 0.370 e. The first-order valence-corrected chi connectivity index (χ1v) is 5.69. The zero-order chi connectivity index (χ0) is 11.1. The number of guanidine groups is 1. The third-order valence-corrected chi connectivity index (χ3v) is 3.17. The monoisotopic (exact) mass is 236 g/mol. The van der Waals surface area contributed by atoms with Crippen molar-refractivity contribution in [2.45, 2.75) is 5.91 Å². The molecular formula is C6H12N4O4S. The van der Waals surface area contributed by atoms with Gasteiger partial charge in [-0.2, -0.15) is 16.8 Å². The van der Waals surface area contributed by atoms with Crippen molar-refractivity contribution < 1.29 is 16.8 Å². The van der Waals surface area contributed by atoms with Gasteiger partial charge < -0.3 is 11.1 Å². The van der Waals surface area contributed by atoms with Gasteiger partial charge in [-0.3, -0.25) is 9.89 Å². The third-order valence-electron chi connectivity index (χ3n) is 2.24. The van der Waals surface area contributed by atoms with Crippen LogP contribution >= 0.6 is 0 Å². The van der Waals surface area contributed by atoms with E-state index in [0.717, 1.165) is 0 Å². The number of aliphatic imine (C=N–C) groups is 1. The van der Waals surface area contributed by atoms with Crippen molar-refractivity contribution in [3.63, 3.8) is 0 Å². The molecule has 9 heteroatoms. The van der Waals surface area contributed by atoms with Crippen LogP contribution in [0.5, 0.6) is 0 Å². The van der Waals surface area contributed by atoms with Crippen LogP contribution < -0.4 is 11.1 Å². The molecular weight excluding hydrogens is 224 g/mol. The molecule has 2 fully saturated rings. The number of hydrogen-bond acceptors (Lipinski definition) is 6. The van der Waals surface area contributed by atoms with E-state index < -0.39 is 16.3 Å². The van der Waals surface area contributed by atoms with Crippen LogP contribution in [0.3, 0.4) is 0 Å². The van der Waals surface area contributed by atoms with E-state index >= 15 is 0 Å². The zero-order valence-corrected chi connectivity index (χ0v) is 8.95. The molecule has 3 N–H and O–H groups in total. The van der Waals surface area contributed by atoms with Crippen molar-refractivity contribution in [1.82, 2.24) is 10.2 Å². The summed E-state index contributed by atoms with van der Waals surface area (Å²) in [6, 6.07) is 0. The van der Waals surface area contributed by atoms with E-state index in [1.165, 1.54) is 11.9 Å². The number of hydrogen-bond donors (Lipinski definition) is 2. The number of nitrogens with one attached hydrogen (secondary N) is 1. The number of rotatable bonds is 0. The fourth-order valence-electron chi connectivity index (χ4n) is 1.59. The molecule has 0 atom stereocenters. The standard InChI is InChI=1S/C6H12N4O4S/c1-8-5(7)10-3-2-9-4-6(10)13-15(11,12)14-6/h9H,2-4H2,1H3,(H2,7,8). The van der Waals surface area contributed by atoms with Crippen molar-refractivity contribution in [2.24, 2.45) is 10.7 Å². The molecule has 0 bridgehead atoms.